The second-order valence-electron chi connectivity index (χ2n) is 6.05. The van der Waals surface area contributed by atoms with Gasteiger partial charge >= 0.3 is 0 Å². The smallest absolute Gasteiger partial charge is 0.247 e. The summed E-state index contributed by atoms with van der Waals surface area (Å²) in [6.07, 6.45) is 2.56. The van der Waals surface area contributed by atoms with Crippen molar-refractivity contribution in [3.63, 3.8) is 0 Å². The van der Waals surface area contributed by atoms with Gasteiger partial charge in [-0.3, -0.25) is 4.90 Å². The van der Waals surface area contributed by atoms with Crippen molar-refractivity contribution in [1.29, 1.82) is 0 Å². The van der Waals surface area contributed by atoms with Gasteiger partial charge in [-0.1, -0.05) is 29.8 Å². The number of aryl methyl sites for hydroxylation is 2. The zero-order chi connectivity index (χ0) is 17.1. The molecule has 0 aliphatic heterocycles. The van der Waals surface area contributed by atoms with E-state index in [1.54, 1.807) is 6.26 Å². The average molecular weight is 326 g/mol. The molecule has 0 saturated carbocycles. The van der Waals surface area contributed by atoms with Crippen molar-refractivity contribution < 1.29 is 8.94 Å². The van der Waals surface area contributed by atoms with E-state index < -0.39 is 0 Å². The molecule has 0 N–H and O–H groups in total. The van der Waals surface area contributed by atoms with Crippen molar-refractivity contribution in [2.45, 2.75) is 39.8 Å². The number of aromatic nitrogens is 3. The number of nitrogens with zero attached hydrogens (tertiary/aromatic N) is 4. The SMILES string of the molecule is CCc1nocc1CN(C)C(C)c1nnc(-c2cccc(C)c2)o1. The first kappa shape index (κ1) is 16.4. The van der Waals surface area contributed by atoms with Crippen LogP contribution in [0.25, 0.3) is 11.5 Å². The molecule has 0 aliphatic carbocycles. The van der Waals surface area contributed by atoms with Gasteiger partial charge in [0.15, 0.2) is 0 Å². The van der Waals surface area contributed by atoms with Gasteiger partial charge in [0, 0.05) is 17.7 Å². The van der Waals surface area contributed by atoms with Gasteiger partial charge in [0.05, 0.1) is 11.7 Å². The first-order chi connectivity index (χ1) is 11.6. The highest BCUT2D eigenvalue weighted by Crippen LogP contribution is 2.25. The highest BCUT2D eigenvalue weighted by molar-refractivity contribution is 5.53. The second-order valence-corrected chi connectivity index (χ2v) is 6.05. The van der Waals surface area contributed by atoms with E-state index in [1.807, 2.05) is 45.2 Å². The van der Waals surface area contributed by atoms with Crippen LogP contribution in [-0.2, 0) is 13.0 Å². The molecule has 1 aromatic carbocycles. The van der Waals surface area contributed by atoms with E-state index in [-0.39, 0.29) is 6.04 Å². The fourth-order valence-electron chi connectivity index (χ4n) is 2.59. The number of hydrogen-bond acceptors (Lipinski definition) is 6. The summed E-state index contributed by atoms with van der Waals surface area (Å²) >= 11 is 0. The lowest BCUT2D eigenvalue weighted by molar-refractivity contribution is 0.217. The molecule has 3 aromatic rings. The van der Waals surface area contributed by atoms with E-state index in [1.165, 1.54) is 0 Å². The minimum Gasteiger partial charge on any atom is -0.419 e. The fraction of sp³-hybridized carbons (Fsp3) is 0.389. The van der Waals surface area contributed by atoms with Crippen molar-refractivity contribution in [2.75, 3.05) is 7.05 Å². The molecule has 126 valence electrons. The maximum atomic E-state index is 5.88. The van der Waals surface area contributed by atoms with Gasteiger partial charge in [-0.05, 0) is 39.4 Å². The van der Waals surface area contributed by atoms with Gasteiger partial charge in [-0.2, -0.15) is 0 Å². The lowest BCUT2D eigenvalue weighted by atomic mass is 10.1. The van der Waals surface area contributed by atoms with E-state index in [4.69, 9.17) is 8.94 Å². The molecule has 1 unspecified atom stereocenters. The van der Waals surface area contributed by atoms with Gasteiger partial charge < -0.3 is 8.94 Å². The summed E-state index contributed by atoms with van der Waals surface area (Å²) in [4.78, 5) is 2.14. The van der Waals surface area contributed by atoms with Crippen LogP contribution in [0.2, 0.25) is 0 Å². The molecule has 0 aliphatic rings. The lowest BCUT2D eigenvalue weighted by Crippen LogP contribution is -2.22. The molecule has 0 radical (unpaired) electrons. The number of benzene rings is 1. The van der Waals surface area contributed by atoms with Crippen LogP contribution in [0, 0.1) is 6.92 Å². The van der Waals surface area contributed by atoms with Crippen molar-refractivity contribution in [1.82, 2.24) is 20.3 Å². The minimum absolute atomic E-state index is 0.00401. The topological polar surface area (TPSA) is 68.2 Å². The Kier molecular flexibility index (Phi) is 4.76. The Hall–Kier alpha value is -2.47. The summed E-state index contributed by atoms with van der Waals surface area (Å²) in [5.41, 5.74) is 4.18. The third kappa shape index (κ3) is 3.38. The predicted molar refractivity (Wildman–Crippen MR) is 90.2 cm³/mol. The van der Waals surface area contributed by atoms with E-state index in [9.17, 15) is 0 Å². The zero-order valence-corrected chi connectivity index (χ0v) is 14.5. The standard InChI is InChI=1S/C18H22N4O2/c1-5-16-15(11-23-21-16)10-22(4)13(3)17-19-20-18(24-17)14-8-6-7-12(2)9-14/h6-9,11,13H,5,10H2,1-4H3. The van der Waals surface area contributed by atoms with Gasteiger partial charge in [-0.15, -0.1) is 10.2 Å². The largest absolute Gasteiger partial charge is 0.419 e. The zero-order valence-electron chi connectivity index (χ0n) is 14.5. The van der Waals surface area contributed by atoms with Crippen molar-refractivity contribution in [2.24, 2.45) is 0 Å². The molecule has 2 aromatic heterocycles. The molecule has 0 fully saturated rings. The molecule has 6 nitrogen and oxygen atoms in total. The van der Waals surface area contributed by atoms with Crippen LogP contribution >= 0.6 is 0 Å². The van der Waals surface area contributed by atoms with Crippen LogP contribution in [0.1, 0.15) is 42.6 Å². The average Bonchev–Trinajstić information content (AvgIpc) is 3.23. The van der Waals surface area contributed by atoms with Crippen LogP contribution in [0.5, 0.6) is 0 Å². The van der Waals surface area contributed by atoms with Crippen LogP contribution in [0.3, 0.4) is 0 Å². The Bertz CT molecular complexity index is 809. The highest BCUT2D eigenvalue weighted by atomic mass is 16.5. The Morgan fingerprint density at radius 3 is 2.83 bits per heavy atom. The monoisotopic (exact) mass is 326 g/mol. The third-order valence-corrected chi connectivity index (χ3v) is 4.21. The predicted octanol–water partition coefficient (Wildman–Crippen LogP) is 3.79. The fourth-order valence-corrected chi connectivity index (χ4v) is 2.59. The van der Waals surface area contributed by atoms with Crippen LogP contribution in [-0.4, -0.2) is 27.3 Å². The summed E-state index contributed by atoms with van der Waals surface area (Å²) in [7, 11) is 2.02. The molecule has 24 heavy (non-hydrogen) atoms. The van der Waals surface area contributed by atoms with Gasteiger partial charge in [0.2, 0.25) is 11.8 Å². The lowest BCUT2D eigenvalue weighted by Gasteiger charge is -2.21. The molecule has 0 saturated heterocycles. The molecule has 0 bridgehead atoms. The van der Waals surface area contributed by atoms with Crippen molar-refractivity contribution in [3.8, 4) is 11.5 Å². The van der Waals surface area contributed by atoms with Crippen LogP contribution in [0.4, 0.5) is 0 Å². The van der Waals surface area contributed by atoms with Crippen LogP contribution < -0.4 is 0 Å². The maximum absolute atomic E-state index is 5.88. The van der Waals surface area contributed by atoms with Gasteiger partial charge in [-0.25, -0.2) is 0 Å². The Balaban J connectivity index is 1.74. The highest BCUT2D eigenvalue weighted by Gasteiger charge is 2.20. The number of rotatable bonds is 6. The number of hydrogen-bond donors (Lipinski definition) is 0. The Morgan fingerprint density at radius 2 is 2.08 bits per heavy atom. The summed E-state index contributed by atoms with van der Waals surface area (Å²) in [5, 5.41) is 12.4. The van der Waals surface area contributed by atoms with Crippen LogP contribution in [0.15, 0.2) is 39.5 Å². The first-order valence-electron chi connectivity index (χ1n) is 8.11. The molecule has 0 spiro atoms. The molecule has 1 atom stereocenters. The summed E-state index contributed by atoms with van der Waals surface area (Å²) in [6.45, 7) is 6.88. The summed E-state index contributed by atoms with van der Waals surface area (Å²) in [6, 6.07) is 8.04. The quantitative estimate of drug-likeness (QED) is 0.686. The normalized spacial score (nSPS) is 12.7. The van der Waals surface area contributed by atoms with E-state index >= 15 is 0 Å². The minimum atomic E-state index is -0.00401. The molecule has 2 heterocycles. The molecule has 0 amide bonds. The Morgan fingerprint density at radius 1 is 1.25 bits per heavy atom. The van der Waals surface area contributed by atoms with E-state index in [0.717, 1.165) is 35.3 Å². The van der Waals surface area contributed by atoms with E-state index in [0.29, 0.717) is 11.8 Å². The first-order valence-corrected chi connectivity index (χ1v) is 8.11. The summed E-state index contributed by atoms with van der Waals surface area (Å²) < 4.78 is 10.9. The van der Waals surface area contributed by atoms with E-state index in [2.05, 4.69) is 27.2 Å². The summed E-state index contributed by atoms with van der Waals surface area (Å²) in [5.74, 6) is 1.15. The van der Waals surface area contributed by atoms with Gasteiger partial charge in [0.25, 0.3) is 0 Å². The van der Waals surface area contributed by atoms with Crippen molar-refractivity contribution in [3.05, 3.63) is 53.2 Å². The maximum Gasteiger partial charge on any atom is 0.247 e. The Labute approximate surface area is 141 Å². The molecular weight excluding hydrogens is 304 g/mol. The molecule has 6 heteroatoms. The van der Waals surface area contributed by atoms with Gasteiger partial charge in [0.1, 0.15) is 6.26 Å². The van der Waals surface area contributed by atoms with Crippen molar-refractivity contribution >= 4 is 0 Å². The molecular formula is C18H22N4O2. The molecule has 3 rings (SSSR count). The third-order valence-electron chi connectivity index (χ3n) is 4.21. The second kappa shape index (κ2) is 6.97.